The van der Waals surface area contributed by atoms with Crippen LogP contribution in [0.5, 0.6) is 0 Å². The first kappa shape index (κ1) is 15.4. The molecule has 0 aliphatic rings. The Morgan fingerprint density at radius 1 is 1.47 bits per heavy atom. The number of nitrogens with two attached hydrogens (primary N) is 1. The molecule has 1 aromatic carbocycles. The topological polar surface area (TPSA) is 98.3 Å². The Morgan fingerprint density at radius 2 is 2.05 bits per heavy atom. The second kappa shape index (κ2) is 5.54. The van der Waals surface area contributed by atoms with Crippen LogP contribution < -0.4 is 11.1 Å². The molecular weight excluding hydrogens is 270 g/mol. The third kappa shape index (κ3) is 3.90. The van der Waals surface area contributed by atoms with Crippen LogP contribution in [-0.2, 0) is 4.79 Å². The van der Waals surface area contributed by atoms with Gasteiger partial charge in [-0.1, -0.05) is 32.4 Å². The largest absolute Gasteiger partial charge is 0.323 e. The number of nitro benzene ring substituents is 1. The molecule has 0 aliphatic heterocycles. The average Bonchev–Trinajstić information content (AvgIpc) is 2.29. The molecule has 0 fully saturated rings. The molecular formula is C12H16ClN3O3. The van der Waals surface area contributed by atoms with Crippen LogP contribution >= 0.6 is 11.6 Å². The third-order valence-corrected chi connectivity index (χ3v) is 2.96. The fourth-order valence-corrected chi connectivity index (χ4v) is 1.49. The van der Waals surface area contributed by atoms with Gasteiger partial charge in [0.2, 0.25) is 5.91 Å². The summed E-state index contributed by atoms with van der Waals surface area (Å²) in [7, 11) is 0. The molecule has 0 aromatic heterocycles. The van der Waals surface area contributed by atoms with E-state index in [9.17, 15) is 14.9 Å². The van der Waals surface area contributed by atoms with Gasteiger partial charge in [-0.05, 0) is 11.5 Å². The van der Waals surface area contributed by atoms with Gasteiger partial charge in [0.25, 0.3) is 5.69 Å². The molecule has 1 amide bonds. The molecule has 104 valence electrons. The monoisotopic (exact) mass is 285 g/mol. The molecule has 0 aliphatic carbocycles. The van der Waals surface area contributed by atoms with Gasteiger partial charge in [0, 0.05) is 12.1 Å². The number of rotatable bonds is 3. The molecule has 0 spiro atoms. The molecule has 3 N–H and O–H groups in total. The molecule has 1 atom stereocenters. The molecule has 19 heavy (non-hydrogen) atoms. The van der Waals surface area contributed by atoms with Crippen molar-refractivity contribution in [3.05, 3.63) is 33.3 Å². The highest BCUT2D eigenvalue weighted by molar-refractivity contribution is 6.33. The van der Waals surface area contributed by atoms with Crippen molar-refractivity contribution in [2.24, 2.45) is 11.1 Å². The summed E-state index contributed by atoms with van der Waals surface area (Å²) >= 11 is 5.89. The number of nitro groups is 1. The van der Waals surface area contributed by atoms with Gasteiger partial charge >= 0.3 is 0 Å². The van der Waals surface area contributed by atoms with E-state index >= 15 is 0 Å². The lowest BCUT2D eigenvalue weighted by Crippen LogP contribution is -2.45. The van der Waals surface area contributed by atoms with Crippen molar-refractivity contribution in [3.8, 4) is 0 Å². The first-order valence-corrected chi connectivity index (χ1v) is 6.01. The minimum atomic E-state index is -0.747. The van der Waals surface area contributed by atoms with Crippen LogP contribution in [0.25, 0.3) is 0 Å². The molecule has 1 aromatic rings. The number of non-ortho nitro benzene ring substituents is 1. The van der Waals surface area contributed by atoms with Crippen LogP contribution in [0.15, 0.2) is 18.2 Å². The number of carbonyl (C=O) groups is 1. The van der Waals surface area contributed by atoms with Gasteiger partial charge in [0.15, 0.2) is 0 Å². The lowest BCUT2D eigenvalue weighted by atomic mass is 9.87. The number of anilines is 1. The van der Waals surface area contributed by atoms with Crippen molar-refractivity contribution >= 4 is 28.9 Å². The number of halogens is 1. The van der Waals surface area contributed by atoms with Crippen LogP contribution in [0.3, 0.4) is 0 Å². The smallest absolute Gasteiger partial charge is 0.271 e. The fraction of sp³-hybridized carbons (Fsp3) is 0.417. The maximum atomic E-state index is 11.9. The number of nitrogens with zero attached hydrogens (tertiary/aromatic N) is 1. The molecule has 0 bridgehead atoms. The van der Waals surface area contributed by atoms with Crippen molar-refractivity contribution in [1.29, 1.82) is 0 Å². The number of hydrogen-bond acceptors (Lipinski definition) is 4. The summed E-state index contributed by atoms with van der Waals surface area (Å²) in [5.74, 6) is -0.435. The van der Waals surface area contributed by atoms with E-state index in [0.717, 1.165) is 0 Å². The van der Waals surface area contributed by atoms with Crippen molar-refractivity contribution in [2.45, 2.75) is 26.8 Å². The maximum Gasteiger partial charge on any atom is 0.271 e. The van der Waals surface area contributed by atoms with E-state index in [-0.39, 0.29) is 16.4 Å². The number of amides is 1. The van der Waals surface area contributed by atoms with E-state index in [1.54, 1.807) is 0 Å². The quantitative estimate of drug-likeness (QED) is 0.658. The SMILES string of the molecule is CC(C)(C)[C@@H](N)C(=O)Nc1cc([N+](=O)[O-])ccc1Cl. The van der Waals surface area contributed by atoms with Gasteiger partial charge in [0.1, 0.15) is 0 Å². The van der Waals surface area contributed by atoms with Crippen molar-refractivity contribution in [2.75, 3.05) is 5.32 Å². The van der Waals surface area contributed by atoms with Crippen LogP contribution in [0, 0.1) is 15.5 Å². The van der Waals surface area contributed by atoms with Gasteiger partial charge in [-0.3, -0.25) is 14.9 Å². The third-order valence-electron chi connectivity index (χ3n) is 2.63. The molecule has 0 unspecified atom stereocenters. The van der Waals surface area contributed by atoms with Crippen LogP contribution in [0.4, 0.5) is 11.4 Å². The van der Waals surface area contributed by atoms with E-state index in [1.807, 2.05) is 20.8 Å². The highest BCUT2D eigenvalue weighted by atomic mass is 35.5. The summed E-state index contributed by atoms with van der Waals surface area (Å²) < 4.78 is 0. The Bertz CT molecular complexity index is 511. The van der Waals surface area contributed by atoms with E-state index in [1.165, 1.54) is 18.2 Å². The predicted molar refractivity (Wildman–Crippen MR) is 74.2 cm³/mol. The summed E-state index contributed by atoms with van der Waals surface area (Å²) in [4.78, 5) is 22.0. The molecule has 0 radical (unpaired) electrons. The molecule has 0 heterocycles. The Balaban J connectivity index is 2.96. The number of nitrogens with one attached hydrogen (secondary N) is 1. The number of benzene rings is 1. The summed E-state index contributed by atoms with van der Waals surface area (Å²) in [6, 6.07) is 3.08. The Hall–Kier alpha value is -1.66. The minimum absolute atomic E-state index is 0.149. The van der Waals surface area contributed by atoms with E-state index in [2.05, 4.69) is 5.32 Å². The second-order valence-electron chi connectivity index (χ2n) is 5.25. The maximum absolute atomic E-state index is 11.9. The van der Waals surface area contributed by atoms with E-state index in [0.29, 0.717) is 0 Å². The summed E-state index contributed by atoms with van der Waals surface area (Å²) in [6.45, 7) is 5.48. The highest BCUT2D eigenvalue weighted by Crippen LogP contribution is 2.27. The van der Waals surface area contributed by atoms with Crippen molar-refractivity contribution in [1.82, 2.24) is 0 Å². The standard InChI is InChI=1S/C12H16ClN3O3/c1-12(2,3)10(14)11(17)15-9-6-7(16(18)19)4-5-8(9)13/h4-6,10H,14H2,1-3H3,(H,15,17)/t10-/m0/s1. The fourth-order valence-electron chi connectivity index (χ4n) is 1.33. The highest BCUT2D eigenvalue weighted by Gasteiger charge is 2.28. The molecule has 0 saturated carbocycles. The van der Waals surface area contributed by atoms with E-state index in [4.69, 9.17) is 17.3 Å². The number of hydrogen-bond donors (Lipinski definition) is 2. The Kier molecular flexibility index (Phi) is 4.49. The first-order valence-electron chi connectivity index (χ1n) is 5.63. The van der Waals surface area contributed by atoms with Gasteiger partial charge in [-0.25, -0.2) is 0 Å². The van der Waals surface area contributed by atoms with Gasteiger partial charge in [-0.2, -0.15) is 0 Å². The van der Waals surface area contributed by atoms with Crippen LogP contribution in [0.2, 0.25) is 5.02 Å². The molecule has 7 heteroatoms. The molecule has 6 nitrogen and oxygen atoms in total. The Labute approximate surface area is 116 Å². The van der Waals surface area contributed by atoms with Gasteiger partial charge in [-0.15, -0.1) is 0 Å². The zero-order valence-electron chi connectivity index (χ0n) is 10.9. The first-order chi connectivity index (χ1) is 8.62. The van der Waals surface area contributed by atoms with Crippen LogP contribution in [0.1, 0.15) is 20.8 Å². The molecule has 1 rings (SSSR count). The zero-order chi connectivity index (χ0) is 14.8. The lowest BCUT2D eigenvalue weighted by Gasteiger charge is -2.25. The van der Waals surface area contributed by atoms with Gasteiger partial charge < -0.3 is 11.1 Å². The Morgan fingerprint density at radius 3 is 2.53 bits per heavy atom. The second-order valence-corrected chi connectivity index (χ2v) is 5.66. The average molecular weight is 286 g/mol. The van der Waals surface area contributed by atoms with Crippen LogP contribution in [-0.4, -0.2) is 16.9 Å². The van der Waals surface area contributed by atoms with Crippen molar-refractivity contribution in [3.63, 3.8) is 0 Å². The van der Waals surface area contributed by atoms with Gasteiger partial charge in [0.05, 0.1) is 21.7 Å². The number of carbonyl (C=O) groups excluding carboxylic acids is 1. The summed E-state index contributed by atoms with van der Waals surface area (Å²) in [5.41, 5.74) is 5.41. The molecule has 0 saturated heterocycles. The minimum Gasteiger partial charge on any atom is -0.323 e. The summed E-state index contributed by atoms with van der Waals surface area (Å²) in [5, 5.41) is 13.4. The lowest BCUT2D eigenvalue weighted by molar-refractivity contribution is -0.384. The van der Waals surface area contributed by atoms with E-state index < -0.39 is 22.3 Å². The summed E-state index contributed by atoms with van der Waals surface area (Å²) in [6.07, 6.45) is 0. The zero-order valence-corrected chi connectivity index (χ0v) is 11.7. The normalized spacial score (nSPS) is 12.9. The van der Waals surface area contributed by atoms with Crippen molar-refractivity contribution < 1.29 is 9.72 Å². The predicted octanol–water partition coefficient (Wildman–Crippen LogP) is 2.56.